The first-order valence-corrected chi connectivity index (χ1v) is 9.42. The van der Waals surface area contributed by atoms with Crippen molar-refractivity contribution in [3.05, 3.63) is 29.1 Å². The first-order valence-electron chi connectivity index (χ1n) is 6.23. The maximum absolute atomic E-state index is 12.0. The molecule has 0 unspecified atom stereocenters. The van der Waals surface area contributed by atoms with E-state index in [1.165, 1.54) is 23.6 Å². The number of thiophene rings is 1. The van der Waals surface area contributed by atoms with E-state index >= 15 is 0 Å². The number of anilines is 1. The minimum absolute atomic E-state index is 0.0141. The van der Waals surface area contributed by atoms with E-state index in [0.29, 0.717) is 11.5 Å². The molecule has 1 N–H and O–H groups in total. The van der Waals surface area contributed by atoms with Crippen LogP contribution in [0.5, 0.6) is 16.6 Å². The zero-order valence-corrected chi connectivity index (χ0v) is 14.0. The largest absolute Gasteiger partial charge is 0.454 e. The predicted molar refractivity (Wildman–Crippen MR) is 84.3 cm³/mol. The van der Waals surface area contributed by atoms with Crippen LogP contribution in [0.3, 0.4) is 0 Å². The van der Waals surface area contributed by atoms with Crippen molar-refractivity contribution >= 4 is 42.9 Å². The number of nitrogens with zero attached hydrogens (tertiary/aromatic N) is 1. The third kappa shape index (κ3) is 3.23. The number of amides is 1. The zero-order valence-electron chi connectivity index (χ0n) is 11.6. The number of benzene rings is 1. The van der Waals surface area contributed by atoms with E-state index in [-0.39, 0.29) is 28.0 Å². The summed E-state index contributed by atoms with van der Waals surface area (Å²) < 4.78 is 38.0. The van der Waals surface area contributed by atoms with Gasteiger partial charge in [0.25, 0.3) is 9.05 Å². The maximum atomic E-state index is 12.0. The minimum Gasteiger partial charge on any atom is -0.454 e. The summed E-state index contributed by atoms with van der Waals surface area (Å²) in [5.41, 5.74) is 0.270. The number of halogens is 1. The fourth-order valence-electron chi connectivity index (χ4n) is 1.90. The summed E-state index contributed by atoms with van der Waals surface area (Å²) in [7, 11) is 1.21. The van der Waals surface area contributed by atoms with Gasteiger partial charge >= 0.3 is 6.09 Å². The van der Waals surface area contributed by atoms with Gasteiger partial charge in [0.1, 0.15) is 11.0 Å². The number of nitriles is 1. The molecule has 0 atom stereocenters. The Hall–Kier alpha value is -2.48. The zero-order chi connectivity index (χ0) is 17.3. The molecule has 0 radical (unpaired) electrons. The SMILES string of the molecule is N#Cc1cc2c(cc1NC(=O)Oc1sccc1S(=O)(=O)Cl)OCO2. The molecule has 0 saturated heterocycles. The fraction of sp³-hybridized carbons (Fsp3) is 0.0769. The number of hydrogen-bond acceptors (Lipinski definition) is 8. The summed E-state index contributed by atoms with van der Waals surface area (Å²) in [6.45, 7) is 0.0141. The molecule has 8 nitrogen and oxygen atoms in total. The lowest BCUT2D eigenvalue weighted by atomic mass is 10.1. The van der Waals surface area contributed by atoms with Gasteiger partial charge in [-0.3, -0.25) is 5.32 Å². The lowest BCUT2D eigenvalue weighted by Crippen LogP contribution is -2.17. The number of hydrogen-bond donors (Lipinski definition) is 1. The van der Waals surface area contributed by atoms with Crippen molar-refractivity contribution in [3.63, 3.8) is 0 Å². The van der Waals surface area contributed by atoms with Crippen LogP contribution in [0.25, 0.3) is 0 Å². The van der Waals surface area contributed by atoms with Crippen LogP contribution in [-0.4, -0.2) is 21.3 Å². The van der Waals surface area contributed by atoms with Crippen LogP contribution in [0.4, 0.5) is 10.5 Å². The van der Waals surface area contributed by atoms with E-state index in [9.17, 15) is 13.2 Å². The second-order valence-corrected chi connectivity index (χ2v) is 7.80. The Morgan fingerprint density at radius 1 is 1.38 bits per heavy atom. The molecular formula is C13H7ClN2O6S2. The van der Waals surface area contributed by atoms with Crippen molar-refractivity contribution in [2.45, 2.75) is 4.90 Å². The lowest BCUT2D eigenvalue weighted by molar-refractivity contribution is 0.174. The van der Waals surface area contributed by atoms with E-state index < -0.39 is 15.1 Å². The third-order valence-corrected chi connectivity index (χ3v) is 5.18. The van der Waals surface area contributed by atoms with Crippen LogP contribution in [-0.2, 0) is 9.05 Å². The van der Waals surface area contributed by atoms with Crippen molar-refractivity contribution in [1.82, 2.24) is 0 Å². The molecule has 1 aliphatic rings. The highest BCUT2D eigenvalue weighted by Crippen LogP contribution is 2.37. The van der Waals surface area contributed by atoms with E-state index in [4.69, 9.17) is 30.2 Å². The summed E-state index contributed by atoms with van der Waals surface area (Å²) in [6, 6.07) is 5.95. The quantitative estimate of drug-likeness (QED) is 0.806. The molecule has 1 aromatic heterocycles. The number of rotatable bonds is 3. The molecular weight excluding hydrogens is 380 g/mol. The van der Waals surface area contributed by atoms with Gasteiger partial charge in [-0.25, -0.2) is 13.2 Å². The average Bonchev–Trinajstić information content (AvgIpc) is 3.14. The molecule has 2 heterocycles. The Morgan fingerprint density at radius 2 is 2.08 bits per heavy atom. The van der Waals surface area contributed by atoms with Crippen LogP contribution >= 0.6 is 22.0 Å². The minimum atomic E-state index is -4.04. The molecule has 3 rings (SSSR count). The molecule has 2 aromatic rings. The highest BCUT2D eigenvalue weighted by Gasteiger charge is 2.22. The van der Waals surface area contributed by atoms with Gasteiger partial charge in [0.2, 0.25) is 11.9 Å². The molecule has 1 amide bonds. The van der Waals surface area contributed by atoms with Crippen LogP contribution < -0.4 is 19.5 Å². The Kier molecular flexibility index (Phi) is 4.23. The van der Waals surface area contributed by atoms with Crippen molar-refractivity contribution in [2.24, 2.45) is 0 Å². The Balaban J connectivity index is 1.82. The highest BCUT2D eigenvalue weighted by atomic mass is 35.7. The number of fused-ring (bicyclic) bond motifs is 1. The van der Waals surface area contributed by atoms with Gasteiger partial charge in [0.05, 0.1) is 11.3 Å². The molecule has 0 spiro atoms. The molecule has 24 heavy (non-hydrogen) atoms. The van der Waals surface area contributed by atoms with Gasteiger partial charge in [-0.15, -0.1) is 11.3 Å². The van der Waals surface area contributed by atoms with Crippen LogP contribution in [0.2, 0.25) is 0 Å². The van der Waals surface area contributed by atoms with Gasteiger partial charge in [-0.2, -0.15) is 5.26 Å². The number of carbonyl (C=O) groups excluding carboxylic acids is 1. The van der Waals surface area contributed by atoms with Crippen molar-refractivity contribution in [2.75, 3.05) is 12.1 Å². The number of carbonyl (C=O) groups is 1. The number of nitrogens with one attached hydrogen (secondary N) is 1. The average molecular weight is 387 g/mol. The molecule has 1 aromatic carbocycles. The summed E-state index contributed by atoms with van der Waals surface area (Å²) in [4.78, 5) is 11.7. The summed E-state index contributed by atoms with van der Waals surface area (Å²) in [6.07, 6.45) is -0.977. The van der Waals surface area contributed by atoms with Crippen molar-refractivity contribution < 1.29 is 27.4 Å². The molecule has 0 saturated carbocycles. The normalized spacial score (nSPS) is 12.5. The van der Waals surface area contributed by atoms with Crippen molar-refractivity contribution in [1.29, 1.82) is 5.26 Å². The van der Waals surface area contributed by atoms with Crippen LogP contribution in [0.1, 0.15) is 5.56 Å². The summed E-state index contributed by atoms with van der Waals surface area (Å²) in [5, 5.41) is 12.7. The topological polar surface area (TPSA) is 115 Å². The van der Waals surface area contributed by atoms with E-state index in [0.717, 1.165) is 11.3 Å². The molecule has 11 heteroatoms. The summed E-state index contributed by atoms with van der Waals surface area (Å²) >= 11 is 0.889. The third-order valence-electron chi connectivity index (χ3n) is 2.91. The first-order chi connectivity index (χ1) is 11.4. The Labute approximate surface area is 144 Å². The molecule has 0 aliphatic carbocycles. The lowest BCUT2D eigenvalue weighted by Gasteiger charge is -2.08. The van der Waals surface area contributed by atoms with Crippen LogP contribution in [0.15, 0.2) is 28.5 Å². The summed E-state index contributed by atoms with van der Waals surface area (Å²) in [5.74, 6) is 0.753. The van der Waals surface area contributed by atoms with Gasteiger partial charge in [0, 0.05) is 22.8 Å². The van der Waals surface area contributed by atoms with Crippen molar-refractivity contribution in [3.8, 4) is 22.6 Å². The Morgan fingerprint density at radius 3 is 2.75 bits per heavy atom. The van der Waals surface area contributed by atoms with E-state index in [1.807, 2.05) is 6.07 Å². The van der Waals surface area contributed by atoms with Gasteiger partial charge in [-0.05, 0) is 11.4 Å². The van der Waals surface area contributed by atoms with Crippen LogP contribution in [0, 0.1) is 11.3 Å². The Bertz CT molecular complexity index is 963. The maximum Gasteiger partial charge on any atom is 0.417 e. The highest BCUT2D eigenvalue weighted by molar-refractivity contribution is 8.14. The monoisotopic (exact) mass is 386 g/mol. The first kappa shape index (κ1) is 16.4. The smallest absolute Gasteiger partial charge is 0.417 e. The number of ether oxygens (including phenoxy) is 3. The van der Waals surface area contributed by atoms with Gasteiger partial charge < -0.3 is 14.2 Å². The molecule has 0 bridgehead atoms. The standard InChI is InChI=1S/C13H7ClN2O6S2/c14-24(18,19)11-1-2-23-12(11)22-13(17)16-8-4-10-9(20-6-21-10)3-7(8)5-15/h1-4H,6H2,(H,16,17). The molecule has 124 valence electrons. The fourth-order valence-corrected chi connectivity index (χ4v) is 4.06. The van der Waals surface area contributed by atoms with Gasteiger partial charge in [-0.1, -0.05) is 0 Å². The molecule has 1 aliphatic heterocycles. The molecule has 0 fully saturated rings. The van der Waals surface area contributed by atoms with E-state index in [1.54, 1.807) is 0 Å². The van der Waals surface area contributed by atoms with E-state index in [2.05, 4.69) is 5.32 Å². The second-order valence-electron chi connectivity index (χ2n) is 4.39. The predicted octanol–water partition coefficient (Wildman–Crippen LogP) is 2.89. The van der Waals surface area contributed by atoms with Gasteiger partial charge in [0.15, 0.2) is 11.5 Å². The second kappa shape index (κ2) is 6.20.